The zero-order valence-corrected chi connectivity index (χ0v) is 11.8. The molecule has 0 unspecified atom stereocenters. The zero-order chi connectivity index (χ0) is 12.3. The lowest BCUT2D eigenvalue weighted by molar-refractivity contribution is -0.144. The van der Waals surface area contributed by atoms with E-state index in [2.05, 4.69) is 31.9 Å². The van der Waals surface area contributed by atoms with E-state index in [1.807, 2.05) is 20.8 Å². The van der Waals surface area contributed by atoms with Crippen LogP contribution in [-0.4, -0.2) is 20.5 Å². The monoisotopic (exact) mass is 342 g/mol. The molecule has 0 aromatic heterocycles. The van der Waals surface area contributed by atoms with Crippen molar-refractivity contribution in [3.05, 3.63) is 12.2 Å². The molecule has 0 fully saturated rings. The van der Waals surface area contributed by atoms with Crippen LogP contribution < -0.4 is 0 Å². The van der Waals surface area contributed by atoms with Crippen molar-refractivity contribution in [1.29, 1.82) is 0 Å². The smallest absolute Gasteiger partial charge is 0.333 e. The highest BCUT2D eigenvalue weighted by atomic mass is 79.9. The van der Waals surface area contributed by atoms with Crippen LogP contribution in [0.2, 0.25) is 0 Å². The predicted octanol–water partition coefficient (Wildman–Crippen LogP) is 2.66. The lowest BCUT2D eigenvalue weighted by atomic mass is 9.98. The molecule has 0 aromatic rings. The Morgan fingerprint density at radius 3 is 2.00 bits per heavy atom. The number of alkyl halides is 2. The van der Waals surface area contributed by atoms with Gasteiger partial charge in [0, 0.05) is 17.6 Å². The highest BCUT2D eigenvalue weighted by molar-refractivity contribution is 9.25. The summed E-state index contributed by atoms with van der Waals surface area (Å²) < 4.78 is 3.98. The summed E-state index contributed by atoms with van der Waals surface area (Å²) in [5, 5.41) is 8.30. The number of carboxylic acid groups (broad SMARTS) is 1. The Bertz CT molecular complexity index is 289. The molecule has 0 aromatic carbocycles. The normalized spacial score (nSPS) is 12.9. The minimum absolute atomic E-state index is 0.375. The molecule has 0 spiro atoms. The number of carbonyl (C=O) groups excluding carboxylic acids is 1. The third-order valence-corrected chi connectivity index (χ3v) is 4.17. The Morgan fingerprint density at radius 1 is 1.20 bits per heavy atom. The van der Waals surface area contributed by atoms with Crippen LogP contribution in [0.15, 0.2) is 12.2 Å². The fraction of sp³-hybridized carbons (Fsp3) is 0.556. The van der Waals surface area contributed by atoms with Gasteiger partial charge < -0.3 is 9.84 Å². The van der Waals surface area contributed by atoms with Gasteiger partial charge in [0.15, 0.2) is 0 Å². The van der Waals surface area contributed by atoms with E-state index in [9.17, 15) is 9.59 Å². The molecule has 0 rings (SSSR count). The summed E-state index contributed by atoms with van der Waals surface area (Å²) >= 11 is 6.40. The number of aliphatic carboxylic acids is 1. The first kappa shape index (κ1) is 14.6. The number of esters is 1. The van der Waals surface area contributed by atoms with Gasteiger partial charge in [0.1, 0.15) is 0 Å². The Morgan fingerprint density at radius 2 is 1.67 bits per heavy atom. The number of carbonyl (C=O) groups is 2. The summed E-state index contributed by atoms with van der Waals surface area (Å²) in [7, 11) is 0. The number of hydrogen-bond donors (Lipinski definition) is 1. The molecule has 0 heterocycles. The molecule has 0 saturated heterocycles. The lowest BCUT2D eigenvalue weighted by Gasteiger charge is -2.33. The van der Waals surface area contributed by atoms with E-state index in [4.69, 9.17) is 9.84 Å². The van der Waals surface area contributed by atoms with Gasteiger partial charge in [-0.05, 0) is 31.9 Å². The molecule has 0 atom stereocenters. The van der Waals surface area contributed by atoms with Crippen LogP contribution in [0.25, 0.3) is 0 Å². The SMILES string of the molecule is CC(C)(C)C(Br)(Br)OC(=O)/C=C/C(=O)O. The summed E-state index contributed by atoms with van der Waals surface area (Å²) in [5.41, 5.74) is -0.375. The fourth-order valence-corrected chi connectivity index (χ4v) is 0.772. The van der Waals surface area contributed by atoms with Crippen LogP contribution in [0.5, 0.6) is 0 Å². The van der Waals surface area contributed by atoms with Gasteiger partial charge in [-0.25, -0.2) is 9.59 Å². The second kappa shape index (κ2) is 5.12. The molecule has 0 aliphatic rings. The van der Waals surface area contributed by atoms with Crippen molar-refractivity contribution in [2.24, 2.45) is 5.41 Å². The first-order chi connectivity index (χ1) is 6.56. The van der Waals surface area contributed by atoms with E-state index < -0.39 is 15.4 Å². The Balaban J connectivity index is 4.49. The molecule has 0 aliphatic heterocycles. The molecule has 15 heavy (non-hydrogen) atoms. The van der Waals surface area contributed by atoms with Crippen molar-refractivity contribution in [3.8, 4) is 0 Å². The van der Waals surface area contributed by atoms with Crippen molar-refractivity contribution < 1.29 is 19.4 Å². The van der Waals surface area contributed by atoms with Gasteiger partial charge in [-0.3, -0.25) is 0 Å². The van der Waals surface area contributed by atoms with E-state index in [1.54, 1.807) is 0 Å². The van der Waals surface area contributed by atoms with E-state index in [-0.39, 0.29) is 5.41 Å². The molecule has 0 bridgehead atoms. The second-order valence-electron chi connectivity index (χ2n) is 3.86. The van der Waals surface area contributed by atoms with Crippen LogP contribution >= 0.6 is 31.9 Å². The molecule has 0 aliphatic carbocycles. The molecule has 0 saturated carbocycles. The van der Waals surface area contributed by atoms with Crippen LogP contribution in [0.4, 0.5) is 0 Å². The van der Waals surface area contributed by atoms with Crippen LogP contribution in [-0.2, 0) is 14.3 Å². The highest BCUT2D eigenvalue weighted by Gasteiger charge is 2.40. The molecular weight excluding hydrogens is 332 g/mol. The summed E-state index contributed by atoms with van der Waals surface area (Å²) in [6, 6.07) is 0. The minimum Gasteiger partial charge on any atom is -0.478 e. The standard InChI is InChI=1S/C9H12Br2O4/c1-8(2,3)9(10,11)15-7(14)5-4-6(12)13/h4-5H,1-3H3,(H,12,13)/b5-4+. The third kappa shape index (κ3) is 5.32. The molecule has 4 nitrogen and oxygen atoms in total. The fourth-order valence-electron chi connectivity index (χ4n) is 0.453. The maximum atomic E-state index is 11.2. The van der Waals surface area contributed by atoms with Gasteiger partial charge in [-0.15, -0.1) is 0 Å². The third-order valence-electron chi connectivity index (χ3n) is 1.46. The number of halogens is 2. The van der Waals surface area contributed by atoms with Gasteiger partial charge in [-0.1, -0.05) is 20.8 Å². The topological polar surface area (TPSA) is 63.6 Å². The molecule has 0 radical (unpaired) electrons. The summed E-state index contributed by atoms with van der Waals surface area (Å²) in [6.45, 7) is 5.56. The number of rotatable bonds is 3. The van der Waals surface area contributed by atoms with E-state index in [1.165, 1.54) is 0 Å². The van der Waals surface area contributed by atoms with Crippen molar-refractivity contribution in [2.75, 3.05) is 0 Å². The molecule has 1 N–H and O–H groups in total. The average Bonchev–Trinajstić information content (AvgIpc) is 1.97. The van der Waals surface area contributed by atoms with Gasteiger partial charge in [0.05, 0.1) is 0 Å². The van der Waals surface area contributed by atoms with Crippen LogP contribution in [0.3, 0.4) is 0 Å². The van der Waals surface area contributed by atoms with Crippen LogP contribution in [0.1, 0.15) is 20.8 Å². The van der Waals surface area contributed by atoms with E-state index in [0.717, 1.165) is 12.2 Å². The number of ether oxygens (including phenoxy) is 1. The lowest BCUT2D eigenvalue weighted by Crippen LogP contribution is -2.35. The van der Waals surface area contributed by atoms with Crippen molar-refractivity contribution in [1.82, 2.24) is 0 Å². The molecule has 86 valence electrons. The predicted molar refractivity (Wildman–Crippen MR) is 62.9 cm³/mol. The van der Waals surface area contributed by atoms with Crippen molar-refractivity contribution in [3.63, 3.8) is 0 Å². The van der Waals surface area contributed by atoms with E-state index in [0.29, 0.717) is 0 Å². The Hall–Kier alpha value is -0.360. The molecular formula is C9H12Br2O4. The first-order valence-electron chi connectivity index (χ1n) is 4.08. The van der Waals surface area contributed by atoms with E-state index >= 15 is 0 Å². The maximum Gasteiger partial charge on any atom is 0.333 e. The highest BCUT2D eigenvalue weighted by Crippen LogP contribution is 2.44. The van der Waals surface area contributed by atoms with Crippen molar-refractivity contribution >= 4 is 43.8 Å². The Labute approximate surface area is 105 Å². The zero-order valence-electron chi connectivity index (χ0n) is 8.58. The van der Waals surface area contributed by atoms with Crippen molar-refractivity contribution in [2.45, 2.75) is 24.2 Å². The Kier molecular flexibility index (Phi) is 4.99. The van der Waals surface area contributed by atoms with Crippen LogP contribution in [0, 0.1) is 5.41 Å². The van der Waals surface area contributed by atoms with Gasteiger partial charge >= 0.3 is 11.9 Å². The summed E-state index contributed by atoms with van der Waals surface area (Å²) in [5.74, 6) is -1.93. The van der Waals surface area contributed by atoms with Gasteiger partial charge in [0.2, 0.25) is 3.42 Å². The maximum absolute atomic E-state index is 11.2. The summed E-state index contributed by atoms with van der Waals surface area (Å²) in [6.07, 6.45) is 1.58. The number of carboxylic acids is 1. The van der Waals surface area contributed by atoms with Gasteiger partial charge in [-0.2, -0.15) is 0 Å². The quantitative estimate of drug-likeness (QED) is 0.486. The second-order valence-corrected chi connectivity index (χ2v) is 7.16. The molecule has 6 heteroatoms. The average molecular weight is 344 g/mol. The number of hydrogen-bond acceptors (Lipinski definition) is 3. The summed E-state index contributed by atoms with van der Waals surface area (Å²) in [4.78, 5) is 21.3. The van der Waals surface area contributed by atoms with Gasteiger partial charge in [0.25, 0.3) is 0 Å². The minimum atomic E-state index is -1.20. The first-order valence-corrected chi connectivity index (χ1v) is 5.66. The largest absolute Gasteiger partial charge is 0.478 e. The molecule has 0 amide bonds.